The molecule has 0 aliphatic carbocycles. The van der Waals surface area contributed by atoms with Gasteiger partial charge in [0.1, 0.15) is 6.61 Å². The SMILES string of the molecule is CC(=O)OCCN(C)CC(=O)OC(C)(C)C(=O)O.[W]. The van der Waals surface area contributed by atoms with Gasteiger partial charge in [-0.25, -0.2) is 4.79 Å². The maximum Gasteiger partial charge on any atom is 0.347 e. The van der Waals surface area contributed by atoms with Crippen LogP contribution in [-0.4, -0.2) is 60.3 Å². The Morgan fingerprint density at radius 2 is 1.79 bits per heavy atom. The minimum atomic E-state index is -1.55. The smallest absolute Gasteiger partial charge is 0.347 e. The number of hydrogen-bond donors (Lipinski definition) is 1. The van der Waals surface area contributed by atoms with Gasteiger partial charge >= 0.3 is 17.9 Å². The zero-order valence-corrected chi connectivity index (χ0v) is 14.4. The second-order valence-electron chi connectivity index (χ2n) is 4.37. The Labute approximate surface area is 126 Å². The molecule has 7 nitrogen and oxygen atoms in total. The molecule has 0 spiro atoms. The zero-order valence-electron chi connectivity index (χ0n) is 11.5. The molecule has 0 aromatic rings. The Kier molecular flexibility index (Phi) is 9.70. The molecule has 19 heavy (non-hydrogen) atoms. The summed E-state index contributed by atoms with van der Waals surface area (Å²) in [6.45, 7) is 4.35. The average Bonchev–Trinajstić information content (AvgIpc) is 2.14. The van der Waals surface area contributed by atoms with E-state index in [2.05, 4.69) is 0 Å². The van der Waals surface area contributed by atoms with E-state index in [1.54, 1.807) is 11.9 Å². The van der Waals surface area contributed by atoms with Crippen LogP contribution in [0, 0.1) is 0 Å². The van der Waals surface area contributed by atoms with Crippen LogP contribution < -0.4 is 0 Å². The predicted octanol–water partition coefficient (Wildman–Crippen LogP) is -0.115. The van der Waals surface area contributed by atoms with E-state index >= 15 is 0 Å². The summed E-state index contributed by atoms with van der Waals surface area (Å²) in [6.07, 6.45) is 0. The van der Waals surface area contributed by atoms with Gasteiger partial charge in [-0.3, -0.25) is 14.5 Å². The van der Waals surface area contributed by atoms with Crippen molar-refractivity contribution in [1.82, 2.24) is 4.90 Å². The molecule has 0 atom stereocenters. The summed E-state index contributed by atoms with van der Waals surface area (Å²) in [5.41, 5.74) is -1.55. The first kappa shape index (κ1) is 20.4. The topological polar surface area (TPSA) is 93.1 Å². The van der Waals surface area contributed by atoms with Gasteiger partial charge in [-0.1, -0.05) is 0 Å². The van der Waals surface area contributed by atoms with E-state index in [1.807, 2.05) is 0 Å². The maximum absolute atomic E-state index is 11.4. The summed E-state index contributed by atoms with van der Waals surface area (Å²) in [6, 6.07) is 0. The number of carboxylic acids is 1. The molecule has 8 heteroatoms. The van der Waals surface area contributed by atoms with Gasteiger partial charge in [0, 0.05) is 34.5 Å². The molecule has 0 aromatic heterocycles. The Morgan fingerprint density at radius 1 is 1.26 bits per heavy atom. The molecule has 1 N–H and O–H groups in total. The number of carbonyl (C=O) groups excluding carboxylic acids is 2. The summed E-state index contributed by atoms with van der Waals surface area (Å²) in [7, 11) is 1.64. The third-order valence-corrected chi connectivity index (χ3v) is 2.06. The normalized spacial score (nSPS) is 10.6. The number of aliphatic carboxylic acids is 1. The van der Waals surface area contributed by atoms with Gasteiger partial charge in [0.2, 0.25) is 5.60 Å². The Balaban J connectivity index is 0. The number of ether oxygens (including phenoxy) is 2. The molecule has 0 amide bonds. The molecule has 0 saturated heterocycles. The van der Waals surface area contributed by atoms with Crippen molar-refractivity contribution >= 4 is 17.9 Å². The van der Waals surface area contributed by atoms with Gasteiger partial charge < -0.3 is 14.6 Å². The second kappa shape index (κ2) is 9.04. The molecule has 110 valence electrons. The number of rotatable bonds is 7. The molecule has 0 fully saturated rings. The maximum atomic E-state index is 11.4. The molecule has 0 unspecified atom stereocenters. The van der Waals surface area contributed by atoms with Gasteiger partial charge in [0.25, 0.3) is 0 Å². The third-order valence-electron chi connectivity index (χ3n) is 2.06. The first-order valence-electron chi connectivity index (χ1n) is 5.42. The minimum Gasteiger partial charge on any atom is -0.478 e. The average molecular weight is 445 g/mol. The number of hydrogen-bond acceptors (Lipinski definition) is 6. The summed E-state index contributed by atoms with van der Waals surface area (Å²) in [5.74, 6) is -2.25. The van der Waals surface area contributed by atoms with Crippen LogP contribution >= 0.6 is 0 Å². The molecule has 0 aromatic carbocycles. The van der Waals surface area contributed by atoms with Crippen LogP contribution in [-0.2, 0) is 44.9 Å². The van der Waals surface area contributed by atoms with E-state index in [-0.39, 0.29) is 34.2 Å². The number of nitrogens with zero attached hydrogens (tertiary/aromatic N) is 1. The van der Waals surface area contributed by atoms with E-state index < -0.39 is 23.5 Å². The molecule has 0 aliphatic heterocycles. The van der Waals surface area contributed by atoms with Gasteiger partial charge in [0.15, 0.2) is 0 Å². The number of likely N-dealkylation sites (N-methyl/N-ethyl adjacent to an activating group) is 1. The van der Waals surface area contributed by atoms with Crippen molar-refractivity contribution < 1.29 is 50.0 Å². The van der Waals surface area contributed by atoms with Gasteiger partial charge in [-0.15, -0.1) is 0 Å². The number of carbonyl (C=O) groups is 3. The van der Waals surface area contributed by atoms with Crippen LogP contribution in [0.25, 0.3) is 0 Å². The Morgan fingerprint density at radius 3 is 2.21 bits per heavy atom. The molecular weight excluding hydrogens is 426 g/mol. The summed E-state index contributed by atoms with van der Waals surface area (Å²) < 4.78 is 9.52. The van der Waals surface area contributed by atoms with Crippen molar-refractivity contribution in [2.45, 2.75) is 26.4 Å². The fraction of sp³-hybridized carbons (Fsp3) is 0.727. The predicted molar refractivity (Wildman–Crippen MR) is 61.9 cm³/mol. The number of carboxylic acid groups (broad SMARTS) is 1. The molecule has 0 radical (unpaired) electrons. The molecule has 0 heterocycles. The monoisotopic (exact) mass is 445 g/mol. The van der Waals surface area contributed by atoms with Crippen molar-refractivity contribution in [2.24, 2.45) is 0 Å². The number of esters is 2. The van der Waals surface area contributed by atoms with E-state index in [0.717, 1.165) is 0 Å². The van der Waals surface area contributed by atoms with E-state index in [0.29, 0.717) is 6.54 Å². The van der Waals surface area contributed by atoms with Crippen molar-refractivity contribution in [3.05, 3.63) is 0 Å². The molecule has 0 saturated carbocycles. The van der Waals surface area contributed by atoms with Crippen molar-refractivity contribution in [2.75, 3.05) is 26.7 Å². The van der Waals surface area contributed by atoms with Gasteiger partial charge in [-0.05, 0) is 20.9 Å². The molecular formula is C11H19NO6W. The standard InChI is InChI=1S/C11H19NO6.W/c1-8(13)17-6-5-12(4)7-9(14)18-11(2,3)10(15)16;/h5-7H2,1-4H3,(H,15,16);. The Bertz CT molecular complexity index is 331. The van der Waals surface area contributed by atoms with E-state index in [1.165, 1.54) is 20.8 Å². The van der Waals surface area contributed by atoms with Crippen LogP contribution in [0.4, 0.5) is 0 Å². The minimum absolute atomic E-state index is 0. The second-order valence-corrected chi connectivity index (χ2v) is 4.37. The first-order valence-corrected chi connectivity index (χ1v) is 5.42. The summed E-state index contributed by atoms with van der Waals surface area (Å²) in [5, 5.41) is 8.78. The van der Waals surface area contributed by atoms with Crippen LogP contribution in [0.1, 0.15) is 20.8 Å². The summed E-state index contributed by atoms with van der Waals surface area (Å²) in [4.78, 5) is 34.3. The zero-order chi connectivity index (χ0) is 14.3. The molecule has 0 aliphatic rings. The quantitative estimate of drug-likeness (QED) is 0.547. The molecule has 0 bridgehead atoms. The van der Waals surface area contributed by atoms with Crippen molar-refractivity contribution in [3.8, 4) is 0 Å². The van der Waals surface area contributed by atoms with Crippen LogP contribution in [0.15, 0.2) is 0 Å². The van der Waals surface area contributed by atoms with Crippen LogP contribution in [0.3, 0.4) is 0 Å². The van der Waals surface area contributed by atoms with Crippen LogP contribution in [0.5, 0.6) is 0 Å². The van der Waals surface area contributed by atoms with Crippen LogP contribution in [0.2, 0.25) is 0 Å². The van der Waals surface area contributed by atoms with Gasteiger partial charge in [0.05, 0.1) is 6.54 Å². The molecule has 0 rings (SSSR count). The Hall–Kier alpha value is -0.942. The van der Waals surface area contributed by atoms with E-state index in [9.17, 15) is 14.4 Å². The van der Waals surface area contributed by atoms with Crippen molar-refractivity contribution in [1.29, 1.82) is 0 Å². The first-order chi connectivity index (χ1) is 8.15. The third kappa shape index (κ3) is 9.61. The fourth-order valence-corrected chi connectivity index (χ4v) is 1.01. The largest absolute Gasteiger partial charge is 0.478 e. The van der Waals surface area contributed by atoms with Gasteiger partial charge in [-0.2, -0.15) is 0 Å². The fourth-order valence-electron chi connectivity index (χ4n) is 1.01. The summed E-state index contributed by atoms with van der Waals surface area (Å²) >= 11 is 0. The van der Waals surface area contributed by atoms with Crippen molar-refractivity contribution in [3.63, 3.8) is 0 Å². The van der Waals surface area contributed by atoms with E-state index in [4.69, 9.17) is 14.6 Å².